The van der Waals surface area contributed by atoms with E-state index in [0.29, 0.717) is 17.0 Å². The lowest BCUT2D eigenvalue weighted by atomic mass is 9.97. The van der Waals surface area contributed by atoms with E-state index in [2.05, 4.69) is 13.8 Å². The van der Waals surface area contributed by atoms with Crippen LogP contribution in [0.3, 0.4) is 0 Å². The molecule has 0 saturated heterocycles. The zero-order valence-corrected chi connectivity index (χ0v) is 9.87. The molecule has 0 fully saturated rings. The summed E-state index contributed by atoms with van der Waals surface area (Å²) in [5.74, 6) is -1.22. The molecule has 2 aromatic carbocycles. The maximum absolute atomic E-state index is 13.6. The molecule has 0 amide bonds. The van der Waals surface area contributed by atoms with Crippen molar-refractivity contribution in [2.45, 2.75) is 19.8 Å². The van der Waals surface area contributed by atoms with Gasteiger partial charge in [-0.2, -0.15) is 0 Å². The lowest BCUT2D eigenvalue weighted by Gasteiger charge is -2.09. The third kappa shape index (κ3) is 2.36. The first-order valence-electron chi connectivity index (χ1n) is 5.64. The summed E-state index contributed by atoms with van der Waals surface area (Å²) in [6.07, 6.45) is 0. The molecule has 0 aliphatic rings. The molecular formula is C15H14F2. The van der Waals surface area contributed by atoms with Gasteiger partial charge in [0.15, 0.2) is 11.6 Å². The Morgan fingerprint density at radius 2 is 1.65 bits per heavy atom. The summed E-state index contributed by atoms with van der Waals surface area (Å²) >= 11 is 0. The molecule has 0 radical (unpaired) electrons. The van der Waals surface area contributed by atoms with E-state index in [1.807, 2.05) is 18.2 Å². The molecule has 0 nitrogen and oxygen atoms in total. The Labute approximate surface area is 99.9 Å². The monoisotopic (exact) mass is 232 g/mol. The van der Waals surface area contributed by atoms with Crippen LogP contribution < -0.4 is 0 Å². The average molecular weight is 232 g/mol. The van der Waals surface area contributed by atoms with Crippen LogP contribution in [0.5, 0.6) is 0 Å². The molecule has 0 heterocycles. The Morgan fingerprint density at radius 3 is 2.35 bits per heavy atom. The predicted octanol–water partition coefficient (Wildman–Crippen LogP) is 4.76. The molecule has 0 aliphatic carbocycles. The number of hydrogen-bond donors (Lipinski definition) is 0. The van der Waals surface area contributed by atoms with E-state index >= 15 is 0 Å². The van der Waals surface area contributed by atoms with Crippen LogP contribution in [0, 0.1) is 11.6 Å². The van der Waals surface area contributed by atoms with Gasteiger partial charge in [-0.3, -0.25) is 0 Å². The summed E-state index contributed by atoms with van der Waals surface area (Å²) in [6.45, 7) is 4.14. The number of halogens is 2. The molecule has 2 heteroatoms. The first-order chi connectivity index (χ1) is 8.09. The number of benzene rings is 2. The minimum atomic E-state index is -0.808. The van der Waals surface area contributed by atoms with E-state index in [4.69, 9.17) is 0 Å². The third-order valence-electron chi connectivity index (χ3n) is 2.82. The van der Waals surface area contributed by atoms with E-state index in [1.165, 1.54) is 6.07 Å². The van der Waals surface area contributed by atoms with Gasteiger partial charge in [0.1, 0.15) is 0 Å². The van der Waals surface area contributed by atoms with Gasteiger partial charge < -0.3 is 0 Å². The molecular weight excluding hydrogens is 218 g/mol. The zero-order chi connectivity index (χ0) is 12.4. The molecule has 0 aromatic heterocycles. The van der Waals surface area contributed by atoms with Gasteiger partial charge in [0.25, 0.3) is 0 Å². The highest BCUT2D eigenvalue weighted by Crippen LogP contribution is 2.27. The molecule has 17 heavy (non-hydrogen) atoms. The first-order valence-corrected chi connectivity index (χ1v) is 5.64. The Morgan fingerprint density at radius 1 is 0.941 bits per heavy atom. The second-order valence-corrected chi connectivity index (χ2v) is 4.38. The van der Waals surface area contributed by atoms with Gasteiger partial charge in [-0.05, 0) is 23.1 Å². The third-order valence-corrected chi connectivity index (χ3v) is 2.82. The fourth-order valence-corrected chi connectivity index (χ4v) is 1.79. The number of rotatable bonds is 2. The smallest absolute Gasteiger partial charge is 0.166 e. The molecule has 0 N–H and O–H groups in total. The standard InChI is InChI=1S/C15H14F2/c1-10(2)11-5-3-6-12(9-11)13-7-4-8-14(16)15(13)17/h3-10H,1-2H3. The maximum atomic E-state index is 13.6. The van der Waals surface area contributed by atoms with Crippen LogP contribution in [-0.4, -0.2) is 0 Å². The first kappa shape index (κ1) is 11.8. The van der Waals surface area contributed by atoms with Crippen molar-refractivity contribution >= 4 is 0 Å². The molecule has 0 saturated carbocycles. The van der Waals surface area contributed by atoms with Gasteiger partial charge >= 0.3 is 0 Å². The SMILES string of the molecule is CC(C)c1cccc(-c2cccc(F)c2F)c1. The van der Waals surface area contributed by atoms with Crippen LogP contribution in [0.25, 0.3) is 11.1 Å². The molecule has 0 aliphatic heterocycles. The molecule has 0 atom stereocenters. The molecule has 0 spiro atoms. The fourth-order valence-electron chi connectivity index (χ4n) is 1.79. The lowest BCUT2D eigenvalue weighted by molar-refractivity contribution is 0.511. The summed E-state index contributed by atoms with van der Waals surface area (Å²) in [6, 6.07) is 11.8. The lowest BCUT2D eigenvalue weighted by Crippen LogP contribution is -1.91. The summed E-state index contributed by atoms with van der Waals surface area (Å²) < 4.78 is 26.8. The fraction of sp³-hybridized carbons (Fsp3) is 0.200. The normalized spacial score (nSPS) is 10.9. The minimum absolute atomic E-state index is 0.313. The van der Waals surface area contributed by atoms with E-state index in [9.17, 15) is 8.78 Å². The van der Waals surface area contributed by atoms with Crippen molar-refractivity contribution in [2.75, 3.05) is 0 Å². The zero-order valence-electron chi connectivity index (χ0n) is 9.87. The van der Waals surface area contributed by atoms with Crippen LogP contribution in [0.1, 0.15) is 25.3 Å². The summed E-state index contributed by atoms with van der Waals surface area (Å²) in [5.41, 5.74) is 2.15. The van der Waals surface area contributed by atoms with Gasteiger partial charge in [-0.15, -0.1) is 0 Å². The molecule has 88 valence electrons. The largest absolute Gasteiger partial charge is 0.204 e. The number of hydrogen-bond acceptors (Lipinski definition) is 0. The second kappa shape index (κ2) is 4.66. The van der Waals surface area contributed by atoms with Crippen LogP contribution in [-0.2, 0) is 0 Å². The van der Waals surface area contributed by atoms with Crippen molar-refractivity contribution in [3.05, 3.63) is 59.7 Å². The Bertz CT molecular complexity index is 530. The quantitative estimate of drug-likeness (QED) is 0.700. The highest BCUT2D eigenvalue weighted by molar-refractivity contribution is 5.65. The summed E-state index contributed by atoms with van der Waals surface area (Å²) in [7, 11) is 0. The minimum Gasteiger partial charge on any atom is -0.204 e. The summed E-state index contributed by atoms with van der Waals surface area (Å²) in [4.78, 5) is 0. The van der Waals surface area contributed by atoms with Crippen LogP contribution >= 0.6 is 0 Å². The van der Waals surface area contributed by atoms with Crippen molar-refractivity contribution in [1.29, 1.82) is 0 Å². The van der Waals surface area contributed by atoms with E-state index < -0.39 is 11.6 Å². The van der Waals surface area contributed by atoms with Gasteiger partial charge in [-0.1, -0.05) is 50.2 Å². The maximum Gasteiger partial charge on any atom is 0.166 e. The highest BCUT2D eigenvalue weighted by atomic mass is 19.2. The molecule has 2 aromatic rings. The Hall–Kier alpha value is -1.70. The Balaban J connectivity index is 2.53. The van der Waals surface area contributed by atoms with E-state index in [-0.39, 0.29) is 0 Å². The molecule has 2 rings (SSSR count). The predicted molar refractivity (Wildman–Crippen MR) is 65.9 cm³/mol. The van der Waals surface area contributed by atoms with Crippen molar-refractivity contribution in [1.82, 2.24) is 0 Å². The summed E-state index contributed by atoms with van der Waals surface area (Å²) in [5, 5.41) is 0. The van der Waals surface area contributed by atoms with Crippen LogP contribution in [0.4, 0.5) is 8.78 Å². The van der Waals surface area contributed by atoms with Crippen LogP contribution in [0.15, 0.2) is 42.5 Å². The second-order valence-electron chi connectivity index (χ2n) is 4.38. The van der Waals surface area contributed by atoms with Gasteiger partial charge in [0.2, 0.25) is 0 Å². The molecule has 0 unspecified atom stereocenters. The average Bonchev–Trinajstić information content (AvgIpc) is 2.33. The van der Waals surface area contributed by atoms with Crippen molar-refractivity contribution < 1.29 is 8.78 Å². The van der Waals surface area contributed by atoms with Gasteiger partial charge in [-0.25, -0.2) is 8.78 Å². The van der Waals surface area contributed by atoms with E-state index in [1.54, 1.807) is 12.1 Å². The highest BCUT2D eigenvalue weighted by Gasteiger charge is 2.10. The van der Waals surface area contributed by atoms with Crippen molar-refractivity contribution in [2.24, 2.45) is 0 Å². The van der Waals surface area contributed by atoms with Crippen LogP contribution in [0.2, 0.25) is 0 Å². The Kier molecular flexibility index (Phi) is 3.23. The van der Waals surface area contributed by atoms with Crippen molar-refractivity contribution in [3.63, 3.8) is 0 Å². The van der Waals surface area contributed by atoms with E-state index in [0.717, 1.165) is 11.6 Å². The molecule has 0 bridgehead atoms. The topological polar surface area (TPSA) is 0 Å². The van der Waals surface area contributed by atoms with Gasteiger partial charge in [0.05, 0.1) is 0 Å². The van der Waals surface area contributed by atoms with Crippen molar-refractivity contribution in [3.8, 4) is 11.1 Å². The van der Waals surface area contributed by atoms with Gasteiger partial charge in [0, 0.05) is 5.56 Å².